The zero-order valence-electron chi connectivity index (χ0n) is 38.5. The third-order valence-corrected chi connectivity index (χ3v) is 15.3. The Bertz CT molecular complexity index is 3770. The maximum atomic E-state index is 2.52. The van der Waals surface area contributed by atoms with E-state index in [1.165, 1.54) is 105 Å². The maximum absolute atomic E-state index is 2.52. The summed E-state index contributed by atoms with van der Waals surface area (Å²) < 4.78 is 0. The van der Waals surface area contributed by atoms with E-state index >= 15 is 0 Å². The zero-order valence-corrected chi connectivity index (χ0v) is 38.5. The minimum absolute atomic E-state index is 0.126. The van der Waals surface area contributed by atoms with Gasteiger partial charge in [0.25, 0.3) is 0 Å². The molecule has 322 valence electrons. The number of fused-ring (bicyclic) bond motifs is 9. The van der Waals surface area contributed by atoms with Crippen LogP contribution < -0.4 is 4.90 Å². The lowest BCUT2D eigenvalue weighted by Crippen LogP contribution is -2.23. The van der Waals surface area contributed by atoms with Crippen molar-refractivity contribution in [1.82, 2.24) is 0 Å². The molecule has 0 amide bonds. The minimum Gasteiger partial charge on any atom is -0.310 e. The van der Waals surface area contributed by atoms with E-state index in [1.807, 2.05) is 0 Å². The van der Waals surface area contributed by atoms with E-state index < -0.39 is 0 Å². The summed E-state index contributed by atoms with van der Waals surface area (Å²) in [5.41, 5.74) is 22.2. The third-order valence-electron chi connectivity index (χ3n) is 15.3. The molecule has 2 aliphatic rings. The lowest BCUT2D eigenvalue weighted by atomic mass is 9.74. The molecule has 1 atom stereocenters. The van der Waals surface area contributed by atoms with Crippen molar-refractivity contribution in [3.8, 4) is 55.6 Å². The van der Waals surface area contributed by atoms with Gasteiger partial charge in [0, 0.05) is 33.3 Å². The quantitative estimate of drug-likeness (QED) is 0.144. The maximum Gasteiger partial charge on any atom is 0.0540 e. The van der Waals surface area contributed by atoms with Crippen LogP contribution in [0.5, 0.6) is 0 Å². The van der Waals surface area contributed by atoms with Gasteiger partial charge in [-0.05, 0) is 131 Å². The van der Waals surface area contributed by atoms with Crippen molar-refractivity contribution in [2.24, 2.45) is 0 Å². The van der Waals surface area contributed by atoms with Crippen LogP contribution in [0.2, 0.25) is 0 Å². The lowest BCUT2D eigenvalue weighted by molar-refractivity contribution is 0.662. The summed E-state index contributed by atoms with van der Waals surface area (Å²) >= 11 is 0. The fraction of sp³-hybridized carbons (Fsp3) is 0.0746. The minimum atomic E-state index is -0.356. The normalized spacial score (nSPS) is 15.2. The van der Waals surface area contributed by atoms with Crippen LogP contribution in [0.25, 0.3) is 77.2 Å². The Morgan fingerprint density at radius 1 is 0.309 bits per heavy atom. The highest BCUT2D eigenvalue weighted by molar-refractivity contribution is 6.22. The van der Waals surface area contributed by atoms with Crippen molar-refractivity contribution in [2.75, 3.05) is 4.90 Å². The van der Waals surface area contributed by atoms with Crippen LogP contribution in [-0.2, 0) is 10.8 Å². The smallest absolute Gasteiger partial charge is 0.0540 e. The standard InChI is InChI=1S/C67H49N/c1-66(2)59-34-17-14-28-53(59)57-33-20-32-49(65(57)66)44-37-39-47(40-38-44)68(48-41-42-54-52-27-15-18-35-60(52)67(3,61(54)43-48)46-23-8-5-9-24-46)62-36-19-16-31-58(62)64-56-30-13-11-26-51(56)50-25-10-12-29-55(50)63(64)45-21-6-4-7-22-45/h4-43H,1-3H3. The summed E-state index contributed by atoms with van der Waals surface area (Å²) in [6.07, 6.45) is 0. The first kappa shape index (κ1) is 40.1. The van der Waals surface area contributed by atoms with Gasteiger partial charge in [0.15, 0.2) is 0 Å². The average molecular weight is 868 g/mol. The van der Waals surface area contributed by atoms with Gasteiger partial charge in [0.05, 0.1) is 5.69 Å². The van der Waals surface area contributed by atoms with Crippen LogP contribution in [0.15, 0.2) is 243 Å². The van der Waals surface area contributed by atoms with Gasteiger partial charge in [-0.2, -0.15) is 0 Å². The molecule has 0 aromatic heterocycles. The Morgan fingerprint density at radius 3 is 1.51 bits per heavy atom. The van der Waals surface area contributed by atoms with Gasteiger partial charge >= 0.3 is 0 Å². The molecule has 2 aliphatic carbocycles. The molecule has 0 heterocycles. The number of para-hydroxylation sites is 1. The molecule has 0 bridgehead atoms. The molecule has 0 saturated carbocycles. The second kappa shape index (κ2) is 15.4. The Morgan fingerprint density at radius 2 is 0.809 bits per heavy atom. The van der Waals surface area contributed by atoms with Gasteiger partial charge in [-0.1, -0.05) is 226 Å². The average Bonchev–Trinajstić information content (AvgIpc) is 3.80. The second-order valence-electron chi connectivity index (χ2n) is 19.3. The molecule has 0 saturated heterocycles. The number of hydrogen-bond acceptors (Lipinski definition) is 1. The first-order chi connectivity index (χ1) is 33.4. The molecule has 0 aliphatic heterocycles. The molecule has 11 aromatic carbocycles. The van der Waals surface area contributed by atoms with Crippen molar-refractivity contribution >= 4 is 38.6 Å². The predicted molar refractivity (Wildman–Crippen MR) is 287 cm³/mol. The monoisotopic (exact) mass is 867 g/mol. The first-order valence-electron chi connectivity index (χ1n) is 23.9. The summed E-state index contributed by atoms with van der Waals surface area (Å²) in [6.45, 7) is 7.17. The topological polar surface area (TPSA) is 3.24 Å². The van der Waals surface area contributed by atoms with Crippen LogP contribution in [-0.4, -0.2) is 0 Å². The summed E-state index contributed by atoms with van der Waals surface area (Å²) in [5, 5.41) is 4.98. The Labute approximate surface area is 399 Å². The fourth-order valence-corrected chi connectivity index (χ4v) is 12.2. The molecule has 0 fully saturated rings. The SMILES string of the molecule is CC1(C)c2ccccc2-c2cccc(-c3ccc(N(c4ccc5c(c4)C(C)(c4ccccc4)c4ccccc4-5)c4ccccc4-c4c(-c5ccccc5)c5ccccc5c5ccccc45)cc3)c21. The number of anilines is 3. The first-order valence-corrected chi connectivity index (χ1v) is 23.9. The fourth-order valence-electron chi connectivity index (χ4n) is 12.2. The number of rotatable bonds is 7. The van der Waals surface area contributed by atoms with Crippen LogP contribution in [0.3, 0.4) is 0 Å². The molecule has 0 spiro atoms. The van der Waals surface area contributed by atoms with Gasteiger partial charge in [-0.3, -0.25) is 0 Å². The Hall–Kier alpha value is -8.26. The van der Waals surface area contributed by atoms with E-state index in [-0.39, 0.29) is 10.8 Å². The van der Waals surface area contributed by atoms with Gasteiger partial charge in [0.1, 0.15) is 0 Å². The van der Waals surface area contributed by atoms with Crippen LogP contribution in [0, 0.1) is 0 Å². The molecule has 13 rings (SSSR count). The van der Waals surface area contributed by atoms with Crippen molar-refractivity contribution in [3.05, 3.63) is 270 Å². The highest BCUT2D eigenvalue weighted by Gasteiger charge is 2.41. The van der Waals surface area contributed by atoms with Crippen molar-refractivity contribution < 1.29 is 0 Å². The van der Waals surface area contributed by atoms with Crippen LogP contribution in [0.1, 0.15) is 48.6 Å². The zero-order chi connectivity index (χ0) is 45.6. The molecular formula is C67H49N. The molecule has 0 radical (unpaired) electrons. The van der Waals surface area contributed by atoms with Gasteiger partial charge in [0.2, 0.25) is 0 Å². The van der Waals surface area contributed by atoms with Crippen molar-refractivity contribution in [1.29, 1.82) is 0 Å². The van der Waals surface area contributed by atoms with E-state index in [0.717, 1.165) is 17.1 Å². The van der Waals surface area contributed by atoms with E-state index in [2.05, 4.69) is 268 Å². The van der Waals surface area contributed by atoms with Crippen molar-refractivity contribution in [3.63, 3.8) is 0 Å². The van der Waals surface area contributed by atoms with Crippen LogP contribution >= 0.6 is 0 Å². The lowest BCUT2D eigenvalue weighted by Gasteiger charge is -2.32. The van der Waals surface area contributed by atoms with Crippen molar-refractivity contribution in [2.45, 2.75) is 31.6 Å². The van der Waals surface area contributed by atoms with Gasteiger partial charge in [-0.15, -0.1) is 0 Å². The molecule has 1 unspecified atom stereocenters. The summed E-state index contributed by atoms with van der Waals surface area (Å²) in [5.74, 6) is 0. The van der Waals surface area contributed by atoms with E-state index in [0.29, 0.717) is 0 Å². The number of hydrogen-bond donors (Lipinski definition) is 0. The molecular weight excluding hydrogens is 819 g/mol. The van der Waals surface area contributed by atoms with E-state index in [4.69, 9.17) is 0 Å². The summed E-state index contributed by atoms with van der Waals surface area (Å²) in [4.78, 5) is 2.52. The largest absolute Gasteiger partial charge is 0.310 e. The Kier molecular flexibility index (Phi) is 9.07. The number of benzene rings is 11. The molecule has 1 heteroatoms. The van der Waals surface area contributed by atoms with Gasteiger partial charge in [-0.25, -0.2) is 0 Å². The molecule has 1 nitrogen and oxygen atoms in total. The highest BCUT2D eigenvalue weighted by atomic mass is 15.1. The third kappa shape index (κ3) is 5.88. The highest BCUT2D eigenvalue weighted by Crippen LogP contribution is 2.56. The molecule has 11 aromatic rings. The summed E-state index contributed by atoms with van der Waals surface area (Å²) in [7, 11) is 0. The van der Waals surface area contributed by atoms with E-state index in [1.54, 1.807) is 0 Å². The second-order valence-corrected chi connectivity index (χ2v) is 19.3. The number of nitrogens with zero attached hydrogens (tertiary/aromatic N) is 1. The van der Waals surface area contributed by atoms with Gasteiger partial charge < -0.3 is 4.90 Å². The van der Waals surface area contributed by atoms with E-state index in [9.17, 15) is 0 Å². The predicted octanol–water partition coefficient (Wildman–Crippen LogP) is 18.1. The molecule has 0 N–H and O–H groups in total. The summed E-state index contributed by atoms with van der Waals surface area (Å²) in [6, 6.07) is 90.3. The van der Waals surface area contributed by atoms with Crippen LogP contribution in [0.4, 0.5) is 17.1 Å². The molecule has 68 heavy (non-hydrogen) atoms. The Balaban J connectivity index is 1.07.